The lowest BCUT2D eigenvalue weighted by molar-refractivity contribution is 0.0697. The highest BCUT2D eigenvalue weighted by molar-refractivity contribution is 5.95. The van der Waals surface area contributed by atoms with Gasteiger partial charge in [0, 0.05) is 36.8 Å². The lowest BCUT2D eigenvalue weighted by Gasteiger charge is -2.08. The minimum Gasteiger partial charge on any atom is -0.478 e. The first kappa shape index (κ1) is 20.4. The number of ketones is 1. The number of rotatable bonds is 9. The molecule has 0 aliphatic carbocycles. The molecule has 1 aromatic carbocycles. The number of aromatic carboxylic acids is 1. The molecular formula is C22H24N4O3. The van der Waals surface area contributed by atoms with E-state index >= 15 is 0 Å². The fourth-order valence-corrected chi connectivity index (χ4v) is 3.04. The van der Waals surface area contributed by atoms with Gasteiger partial charge in [0.15, 0.2) is 0 Å². The van der Waals surface area contributed by atoms with Gasteiger partial charge in [0.2, 0.25) is 11.6 Å². The van der Waals surface area contributed by atoms with E-state index in [-0.39, 0.29) is 17.2 Å². The fraction of sp³-hybridized carbons (Fsp3) is 0.318. The highest BCUT2D eigenvalue weighted by Gasteiger charge is 2.16. The minimum absolute atomic E-state index is 0.0740. The number of carbonyl (C=O) groups excluding carboxylic acids is 1. The van der Waals surface area contributed by atoms with Gasteiger partial charge in [0.1, 0.15) is 5.82 Å². The lowest BCUT2D eigenvalue weighted by atomic mass is 10.0. The second-order valence-corrected chi connectivity index (χ2v) is 6.77. The van der Waals surface area contributed by atoms with E-state index in [9.17, 15) is 14.7 Å². The Morgan fingerprint density at radius 1 is 1.10 bits per heavy atom. The van der Waals surface area contributed by atoms with Crippen molar-refractivity contribution in [2.75, 3.05) is 0 Å². The Bertz CT molecular complexity index is 1010. The largest absolute Gasteiger partial charge is 0.478 e. The minimum atomic E-state index is -0.971. The van der Waals surface area contributed by atoms with Crippen LogP contribution in [0.4, 0.5) is 0 Å². The summed E-state index contributed by atoms with van der Waals surface area (Å²) in [6, 6.07) is 10.6. The quantitative estimate of drug-likeness (QED) is 0.552. The molecular weight excluding hydrogens is 368 g/mol. The summed E-state index contributed by atoms with van der Waals surface area (Å²) in [6.45, 7) is 4.61. The predicted molar refractivity (Wildman–Crippen MR) is 109 cm³/mol. The van der Waals surface area contributed by atoms with Crippen LogP contribution in [0, 0.1) is 0 Å². The number of carboxylic acids is 1. The average Bonchev–Trinajstić information content (AvgIpc) is 3.14. The van der Waals surface area contributed by atoms with Crippen LogP contribution in [-0.4, -0.2) is 36.6 Å². The number of aryl methyl sites for hydroxylation is 1. The maximum atomic E-state index is 12.0. The summed E-state index contributed by atoms with van der Waals surface area (Å²) in [6.07, 6.45) is 4.46. The van der Waals surface area contributed by atoms with Crippen LogP contribution in [0.1, 0.15) is 65.6 Å². The van der Waals surface area contributed by atoms with Gasteiger partial charge in [-0.3, -0.25) is 9.78 Å². The van der Waals surface area contributed by atoms with E-state index in [0.29, 0.717) is 30.8 Å². The summed E-state index contributed by atoms with van der Waals surface area (Å²) in [7, 11) is 0. The van der Waals surface area contributed by atoms with Gasteiger partial charge in [-0.2, -0.15) is 0 Å². The van der Waals surface area contributed by atoms with Gasteiger partial charge in [0.25, 0.3) is 0 Å². The maximum Gasteiger partial charge on any atom is 0.336 e. The van der Waals surface area contributed by atoms with E-state index in [1.165, 1.54) is 0 Å². The SMILES string of the molecule is CCCCn1nc(C(=O)CC)nc1Cc1ccc(-c2ccccc2C(=O)O)cn1. The van der Waals surface area contributed by atoms with Gasteiger partial charge in [-0.25, -0.2) is 14.5 Å². The first-order chi connectivity index (χ1) is 14.0. The molecule has 1 N–H and O–H groups in total. The number of carboxylic acid groups (broad SMARTS) is 1. The predicted octanol–water partition coefficient (Wildman–Crippen LogP) is 4.02. The Kier molecular flexibility index (Phi) is 6.49. The van der Waals surface area contributed by atoms with Gasteiger partial charge in [-0.15, -0.1) is 5.10 Å². The normalized spacial score (nSPS) is 10.8. The second-order valence-electron chi connectivity index (χ2n) is 6.77. The number of hydrogen-bond donors (Lipinski definition) is 1. The van der Waals surface area contributed by atoms with Crippen molar-refractivity contribution < 1.29 is 14.7 Å². The number of unbranched alkanes of at least 4 members (excludes halogenated alkanes) is 1. The molecule has 0 unspecified atom stereocenters. The van der Waals surface area contributed by atoms with Gasteiger partial charge in [-0.05, 0) is 24.1 Å². The van der Waals surface area contributed by atoms with Crippen LogP contribution in [0.2, 0.25) is 0 Å². The molecule has 29 heavy (non-hydrogen) atoms. The number of carbonyl (C=O) groups is 2. The van der Waals surface area contributed by atoms with Crippen LogP contribution >= 0.6 is 0 Å². The molecule has 0 saturated carbocycles. The van der Waals surface area contributed by atoms with Crippen LogP contribution in [0.15, 0.2) is 42.6 Å². The first-order valence-corrected chi connectivity index (χ1v) is 9.78. The molecule has 150 valence electrons. The number of benzene rings is 1. The number of nitrogens with zero attached hydrogens (tertiary/aromatic N) is 4. The van der Waals surface area contributed by atoms with Crippen molar-refractivity contribution in [3.8, 4) is 11.1 Å². The molecule has 3 rings (SSSR count). The standard InChI is InChI=1S/C22H24N4O3/c1-3-5-12-26-20(24-21(25-26)19(27)4-2)13-16-11-10-15(14-23-16)17-8-6-7-9-18(17)22(28)29/h6-11,14H,3-5,12-13H2,1-2H3,(H,28,29). The maximum absolute atomic E-state index is 12.0. The van der Waals surface area contributed by atoms with Gasteiger partial charge >= 0.3 is 5.97 Å². The van der Waals surface area contributed by atoms with Gasteiger partial charge in [0.05, 0.1) is 5.56 Å². The van der Waals surface area contributed by atoms with Crippen LogP contribution in [-0.2, 0) is 13.0 Å². The molecule has 0 amide bonds. The molecule has 7 heteroatoms. The van der Waals surface area contributed by atoms with Crippen molar-refractivity contribution in [3.05, 3.63) is 65.5 Å². The van der Waals surface area contributed by atoms with Gasteiger partial charge in [-0.1, -0.05) is 44.5 Å². The average molecular weight is 392 g/mol. The molecule has 0 bridgehead atoms. The van der Waals surface area contributed by atoms with Crippen molar-refractivity contribution >= 4 is 11.8 Å². The molecule has 2 heterocycles. The summed E-state index contributed by atoms with van der Waals surface area (Å²) in [5, 5.41) is 13.8. The molecule has 0 saturated heterocycles. The highest BCUT2D eigenvalue weighted by Crippen LogP contribution is 2.23. The Morgan fingerprint density at radius 3 is 2.55 bits per heavy atom. The second kappa shape index (κ2) is 9.23. The highest BCUT2D eigenvalue weighted by atomic mass is 16.4. The van der Waals surface area contributed by atoms with Gasteiger partial charge < -0.3 is 5.11 Å². The molecule has 0 atom stereocenters. The molecule has 0 aliphatic heterocycles. The summed E-state index contributed by atoms with van der Waals surface area (Å²) in [5.74, 6) is -0.0797. The van der Waals surface area contributed by atoms with Crippen LogP contribution in [0.5, 0.6) is 0 Å². The van der Waals surface area contributed by atoms with Crippen LogP contribution < -0.4 is 0 Å². The summed E-state index contributed by atoms with van der Waals surface area (Å²) < 4.78 is 1.79. The Balaban J connectivity index is 1.85. The summed E-state index contributed by atoms with van der Waals surface area (Å²) >= 11 is 0. The summed E-state index contributed by atoms with van der Waals surface area (Å²) in [4.78, 5) is 32.4. The number of hydrogen-bond acceptors (Lipinski definition) is 5. The number of pyridine rings is 1. The monoisotopic (exact) mass is 392 g/mol. The number of aromatic nitrogens is 4. The van der Waals surface area contributed by atoms with Crippen molar-refractivity contribution in [1.82, 2.24) is 19.7 Å². The van der Waals surface area contributed by atoms with E-state index in [1.54, 1.807) is 42.1 Å². The summed E-state index contributed by atoms with van der Waals surface area (Å²) in [5.41, 5.74) is 2.38. The van der Waals surface area contributed by atoms with E-state index in [1.807, 2.05) is 12.1 Å². The zero-order valence-corrected chi connectivity index (χ0v) is 16.6. The van der Waals surface area contributed by atoms with E-state index in [2.05, 4.69) is 22.0 Å². The van der Waals surface area contributed by atoms with E-state index in [0.717, 1.165) is 24.1 Å². The first-order valence-electron chi connectivity index (χ1n) is 9.78. The Morgan fingerprint density at radius 2 is 1.90 bits per heavy atom. The van der Waals surface area contributed by atoms with Crippen LogP contribution in [0.25, 0.3) is 11.1 Å². The third-order valence-corrected chi connectivity index (χ3v) is 4.67. The molecule has 2 aromatic heterocycles. The topological polar surface area (TPSA) is 98.0 Å². The van der Waals surface area contributed by atoms with Crippen molar-refractivity contribution in [2.24, 2.45) is 0 Å². The zero-order valence-electron chi connectivity index (χ0n) is 16.6. The Hall–Kier alpha value is -3.35. The van der Waals surface area contributed by atoms with E-state index in [4.69, 9.17) is 0 Å². The van der Waals surface area contributed by atoms with Crippen LogP contribution in [0.3, 0.4) is 0 Å². The molecule has 0 spiro atoms. The smallest absolute Gasteiger partial charge is 0.336 e. The fourth-order valence-electron chi connectivity index (χ4n) is 3.04. The van der Waals surface area contributed by atoms with Crippen molar-refractivity contribution in [3.63, 3.8) is 0 Å². The van der Waals surface area contributed by atoms with Crippen molar-refractivity contribution in [2.45, 2.75) is 46.1 Å². The lowest BCUT2D eigenvalue weighted by Crippen LogP contribution is -2.07. The molecule has 0 radical (unpaired) electrons. The molecule has 0 fully saturated rings. The van der Waals surface area contributed by atoms with Crippen molar-refractivity contribution in [1.29, 1.82) is 0 Å². The molecule has 7 nitrogen and oxygen atoms in total. The number of Topliss-reactive ketones (excluding diaryl/α,β-unsaturated/α-hetero) is 1. The third kappa shape index (κ3) is 4.74. The molecule has 3 aromatic rings. The molecule has 0 aliphatic rings. The van der Waals surface area contributed by atoms with E-state index < -0.39 is 5.97 Å². The zero-order chi connectivity index (χ0) is 20.8. The third-order valence-electron chi connectivity index (χ3n) is 4.67. The Labute approximate surface area is 169 Å².